The summed E-state index contributed by atoms with van der Waals surface area (Å²) in [5.74, 6) is 0.366. The second-order valence-electron chi connectivity index (χ2n) is 4.53. The Hall–Kier alpha value is -2.76. The third kappa shape index (κ3) is 2.23. The molecule has 0 radical (unpaired) electrons. The molecule has 0 unspecified atom stereocenters. The lowest BCUT2D eigenvalue weighted by Crippen LogP contribution is -2.07. The van der Waals surface area contributed by atoms with Gasteiger partial charge in [-0.05, 0) is 12.1 Å². The van der Waals surface area contributed by atoms with E-state index in [0.29, 0.717) is 5.82 Å². The van der Waals surface area contributed by atoms with E-state index in [1.807, 2.05) is 25.4 Å². The average molecular weight is 267 g/mol. The van der Waals surface area contributed by atoms with E-state index < -0.39 is 0 Å². The summed E-state index contributed by atoms with van der Waals surface area (Å²) in [7, 11) is 1.86. The molecule has 0 saturated heterocycles. The maximum Gasteiger partial charge on any atom is 0.222 e. The van der Waals surface area contributed by atoms with Gasteiger partial charge in [0.25, 0.3) is 0 Å². The molecule has 1 N–H and O–H groups in total. The van der Waals surface area contributed by atoms with Gasteiger partial charge in [-0.25, -0.2) is 4.98 Å². The maximum absolute atomic E-state index is 11.2. The first-order chi connectivity index (χ1) is 9.63. The van der Waals surface area contributed by atoms with Gasteiger partial charge in [0.05, 0.1) is 11.7 Å². The van der Waals surface area contributed by atoms with Gasteiger partial charge in [-0.15, -0.1) is 0 Å². The molecule has 100 valence electrons. The second-order valence-corrected chi connectivity index (χ2v) is 4.53. The van der Waals surface area contributed by atoms with Crippen molar-refractivity contribution in [3.05, 3.63) is 36.9 Å². The predicted octanol–water partition coefficient (Wildman–Crippen LogP) is 1.99. The minimum atomic E-state index is -0.156. The molecule has 0 atom stereocenters. The molecular formula is C14H13N5O. The van der Waals surface area contributed by atoms with E-state index in [4.69, 9.17) is 0 Å². The van der Waals surface area contributed by atoms with Gasteiger partial charge in [0, 0.05) is 49.1 Å². The van der Waals surface area contributed by atoms with Crippen LogP contribution in [0.5, 0.6) is 0 Å². The van der Waals surface area contributed by atoms with Crippen LogP contribution in [0.4, 0.5) is 5.82 Å². The van der Waals surface area contributed by atoms with Crippen molar-refractivity contribution in [1.29, 1.82) is 0 Å². The van der Waals surface area contributed by atoms with E-state index in [-0.39, 0.29) is 5.91 Å². The zero-order valence-corrected chi connectivity index (χ0v) is 11.2. The molecule has 3 aromatic rings. The van der Waals surface area contributed by atoms with E-state index in [0.717, 1.165) is 22.0 Å². The molecule has 0 aliphatic heterocycles. The largest absolute Gasteiger partial charge is 0.310 e. The number of anilines is 1. The molecule has 0 aliphatic carbocycles. The lowest BCUT2D eigenvalue weighted by Gasteiger charge is -2.06. The highest BCUT2D eigenvalue weighted by Gasteiger charge is 2.08. The number of carbonyl (C=O) groups excluding carboxylic acids is 1. The Labute approximate surface area is 115 Å². The number of carbonyl (C=O) groups is 1. The summed E-state index contributed by atoms with van der Waals surface area (Å²) in [6.45, 7) is 1.46. The van der Waals surface area contributed by atoms with E-state index >= 15 is 0 Å². The van der Waals surface area contributed by atoms with Gasteiger partial charge < -0.3 is 5.32 Å². The Bertz CT molecular complexity index is 793. The molecule has 0 saturated carbocycles. The maximum atomic E-state index is 11.2. The fourth-order valence-corrected chi connectivity index (χ4v) is 2.04. The topological polar surface area (TPSA) is 72.7 Å². The number of fused-ring (bicyclic) bond motifs is 1. The molecule has 0 bridgehead atoms. The molecule has 3 aromatic heterocycles. The van der Waals surface area contributed by atoms with Crippen molar-refractivity contribution in [2.45, 2.75) is 6.92 Å². The van der Waals surface area contributed by atoms with Gasteiger partial charge in [0.1, 0.15) is 5.82 Å². The molecule has 0 spiro atoms. The van der Waals surface area contributed by atoms with Crippen LogP contribution in [-0.4, -0.2) is 25.7 Å². The molecule has 20 heavy (non-hydrogen) atoms. The van der Waals surface area contributed by atoms with Crippen molar-refractivity contribution in [2.75, 3.05) is 5.32 Å². The standard InChI is InChI=1S/C14H13N5O/c1-9(20)18-14-12-5-10(11-7-17-19(2)8-11)6-16-13(12)3-4-15-14/h3-8H,1-2H3,(H,15,18,20). The summed E-state index contributed by atoms with van der Waals surface area (Å²) in [6, 6.07) is 3.77. The Morgan fingerprint density at radius 1 is 1.25 bits per heavy atom. The molecule has 0 fully saturated rings. The lowest BCUT2D eigenvalue weighted by atomic mass is 10.1. The zero-order chi connectivity index (χ0) is 14.1. The number of amides is 1. The van der Waals surface area contributed by atoms with Gasteiger partial charge in [0.15, 0.2) is 0 Å². The van der Waals surface area contributed by atoms with Crippen LogP contribution < -0.4 is 5.32 Å². The van der Waals surface area contributed by atoms with Crippen LogP contribution in [0, 0.1) is 0 Å². The number of hydrogen-bond acceptors (Lipinski definition) is 4. The molecule has 0 aromatic carbocycles. The number of aromatic nitrogens is 4. The van der Waals surface area contributed by atoms with Gasteiger partial charge >= 0.3 is 0 Å². The SMILES string of the molecule is CC(=O)Nc1nccc2ncc(-c3cnn(C)c3)cc12. The first-order valence-corrected chi connectivity index (χ1v) is 6.15. The van der Waals surface area contributed by atoms with Crippen LogP contribution >= 0.6 is 0 Å². The number of rotatable bonds is 2. The van der Waals surface area contributed by atoms with Gasteiger partial charge in [0.2, 0.25) is 5.91 Å². The normalized spacial score (nSPS) is 10.7. The van der Waals surface area contributed by atoms with Crippen molar-refractivity contribution in [3.8, 4) is 11.1 Å². The minimum Gasteiger partial charge on any atom is -0.310 e. The third-order valence-corrected chi connectivity index (χ3v) is 2.94. The first-order valence-electron chi connectivity index (χ1n) is 6.15. The van der Waals surface area contributed by atoms with Crippen molar-refractivity contribution >= 4 is 22.6 Å². The molecule has 0 aliphatic rings. The lowest BCUT2D eigenvalue weighted by molar-refractivity contribution is -0.114. The van der Waals surface area contributed by atoms with Crippen LogP contribution in [0.1, 0.15) is 6.92 Å². The Balaban J connectivity index is 2.15. The third-order valence-electron chi connectivity index (χ3n) is 2.94. The summed E-state index contributed by atoms with van der Waals surface area (Å²) in [5, 5.41) is 7.68. The molecule has 3 heterocycles. The number of nitrogens with one attached hydrogen (secondary N) is 1. The summed E-state index contributed by atoms with van der Waals surface area (Å²) in [6.07, 6.45) is 7.11. The van der Waals surface area contributed by atoms with E-state index in [1.54, 1.807) is 23.3 Å². The van der Waals surface area contributed by atoms with Crippen molar-refractivity contribution in [1.82, 2.24) is 19.7 Å². The number of aryl methyl sites for hydroxylation is 1. The Kier molecular flexibility index (Phi) is 2.90. The molecule has 6 heteroatoms. The monoisotopic (exact) mass is 267 g/mol. The second kappa shape index (κ2) is 4.73. The molecule has 1 amide bonds. The van der Waals surface area contributed by atoms with E-state index in [1.165, 1.54) is 6.92 Å². The van der Waals surface area contributed by atoms with E-state index in [2.05, 4.69) is 20.4 Å². The first kappa shape index (κ1) is 12.3. The molecule has 6 nitrogen and oxygen atoms in total. The highest BCUT2D eigenvalue weighted by molar-refractivity contribution is 5.99. The summed E-state index contributed by atoms with van der Waals surface area (Å²) < 4.78 is 1.73. The zero-order valence-electron chi connectivity index (χ0n) is 11.2. The fraction of sp³-hybridized carbons (Fsp3) is 0.143. The van der Waals surface area contributed by atoms with Gasteiger partial charge in [-0.2, -0.15) is 5.10 Å². The summed E-state index contributed by atoms with van der Waals surface area (Å²) in [4.78, 5) is 19.8. The molecular weight excluding hydrogens is 254 g/mol. The highest BCUT2D eigenvalue weighted by atomic mass is 16.1. The van der Waals surface area contributed by atoms with Crippen molar-refractivity contribution in [2.24, 2.45) is 7.05 Å². The predicted molar refractivity (Wildman–Crippen MR) is 76.0 cm³/mol. The fourth-order valence-electron chi connectivity index (χ4n) is 2.04. The van der Waals surface area contributed by atoms with Crippen LogP contribution in [0.3, 0.4) is 0 Å². The number of hydrogen-bond donors (Lipinski definition) is 1. The number of pyridine rings is 2. The smallest absolute Gasteiger partial charge is 0.222 e. The van der Waals surface area contributed by atoms with Crippen LogP contribution in [0.2, 0.25) is 0 Å². The van der Waals surface area contributed by atoms with Crippen molar-refractivity contribution < 1.29 is 4.79 Å². The average Bonchev–Trinajstić information content (AvgIpc) is 2.85. The van der Waals surface area contributed by atoms with Gasteiger partial charge in [-0.1, -0.05) is 0 Å². The Morgan fingerprint density at radius 2 is 2.10 bits per heavy atom. The van der Waals surface area contributed by atoms with Crippen molar-refractivity contribution in [3.63, 3.8) is 0 Å². The summed E-state index contributed by atoms with van der Waals surface area (Å²) in [5.41, 5.74) is 2.70. The minimum absolute atomic E-state index is 0.156. The Morgan fingerprint density at radius 3 is 2.80 bits per heavy atom. The van der Waals surface area contributed by atoms with Crippen LogP contribution in [0.15, 0.2) is 36.9 Å². The summed E-state index contributed by atoms with van der Waals surface area (Å²) >= 11 is 0. The number of nitrogens with zero attached hydrogens (tertiary/aromatic N) is 4. The van der Waals surface area contributed by atoms with Crippen LogP contribution in [0.25, 0.3) is 22.0 Å². The van der Waals surface area contributed by atoms with Gasteiger partial charge in [-0.3, -0.25) is 14.5 Å². The quantitative estimate of drug-likeness (QED) is 0.770. The van der Waals surface area contributed by atoms with Crippen LogP contribution in [-0.2, 0) is 11.8 Å². The van der Waals surface area contributed by atoms with E-state index in [9.17, 15) is 4.79 Å². The highest BCUT2D eigenvalue weighted by Crippen LogP contribution is 2.25. The molecule has 3 rings (SSSR count).